The SMILES string of the molecule is CC(C)(C)[Si](C)(C)OCCc1c(F)ccc(Cl)c1F. The Balaban J connectivity index is 2.72. The fourth-order valence-corrected chi connectivity index (χ4v) is 2.65. The zero-order chi connectivity index (χ0) is 14.8. The Kier molecular flexibility index (Phi) is 5.15. The standard InChI is InChI=1S/C14H21ClF2OSi/c1-14(2,3)19(4,5)18-9-8-10-12(16)7-6-11(15)13(10)17/h6-7H,8-9H2,1-5H3. The van der Waals surface area contributed by atoms with E-state index in [0.717, 1.165) is 0 Å². The summed E-state index contributed by atoms with van der Waals surface area (Å²) in [6.45, 7) is 10.9. The summed E-state index contributed by atoms with van der Waals surface area (Å²) in [5.41, 5.74) is 0.00575. The second kappa shape index (κ2) is 5.90. The van der Waals surface area contributed by atoms with Crippen LogP contribution < -0.4 is 0 Å². The van der Waals surface area contributed by atoms with Crippen LogP contribution in [0, 0.1) is 11.6 Å². The molecule has 5 heteroatoms. The van der Waals surface area contributed by atoms with Gasteiger partial charge in [-0.1, -0.05) is 32.4 Å². The van der Waals surface area contributed by atoms with Gasteiger partial charge in [-0.3, -0.25) is 0 Å². The summed E-state index contributed by atoms with van der Waals surface area (Å²) in [5.74, 6) is -1.25. The minimum atomic E-state index is -1.89. The Labute approximate surface area is 120 Å². The van der Waals surface area contributed by atoms with Crippen molar-refractivity contribution in [1.29, 1.82) is 0 Å². The lowest BCUT2D eigenvalue weighted by Crippen LogP contribution is -2.41. The molecule has 0 spiro atoms. The van der Waals surface area contributed by atoms with Crippen LogP contribution in [-0.4, -0.2) is 14.9 Å². The zero-order valence-corrected chi connectivity index (χ0v) is 13.9. The van der Waals surface area contributed by atoms with Crippen molar-refractivity contribution in [1.82, 2.24) is 0 Å². The average molecular weight is 307 g/mol. The molecule has 0 amide bonds. The van der Waals surface area contributed by atoms with Crippen LogP contribution in [0.4, 0.5) is 8.78 Å². The quantitative estimate of drug-likeness (QED) is 0.550. The van der Waals surface area contributed by atoms with Crippen molar-refractivity contribution in [3.63, 3.8) is 0 Å². The maximum atomic E-state index is 13.7. The molecule has 1 nitrogen and oxygen atoms in total. The molecule has 0 saturated heterocycles. The van der Waals surface area contributed by atoms with Gasteiger partial charge in [-0.15, -0.1) is 0 Å². The normalized spacial score (nSPS) is 12.8. The van der Waals surface area contributed by atoms with Crippen LogP contribution in [0.5, 0.6) is 0 Å². The Morgan fingerprint density at radius 1 is 1.21 bits per heavy atom. The first-order valence-electron chi connectivity index (χ1n) is 6.32. The van der Waals surface area contributed by atoms with Gasteiger partial charge >= 0.3 is 0 Å². The van der Waals surface area contributed by atoms with E-state index < -0.39 is 20.0 Å². The van der Waals surface area contributed by atoms with E-state index in [-0.39, 0.29) is 22.0 Å². The third-order valence-electron chi connectivity index (χ3n) is 3.76. The predicted molar refractivity (Wildman–Crippen MR) is 78.2 cm³/mol. The number of rotatable bonds is 4. The summed E-state index contributed by atoms with van der Waals surface area (Å²) < 4.78 is 33.2. The second-order valence-electron chi connectivity index (χ2n) is 6.18. The lowest BCUT2D eigenvalue weighted by atomic mass is 10.1. The van der Waals surface area contributed by atoms with E-state index in [9.17, 15) is 8.78 Å². The van der Waals surface area contributed by atoms with Crippen LogP contribution in [-0.2, 0) is 10.8 Å². The van der Waals surface area contributed by atoms with Crippen molar-refractivity contribution in [2.45, 2.75) is 45.3 Å². The molecule has 0 N–H and O–H groups in total. The Morgan fingerprint density at radius 2 is 1.79 bits per heavy atom. The van der Waals surface area contributed by atoms with Gasteiger partial charge in [-0.05, 0) is 30.3 Å². The van der Waals surface area contributed by atoms with E-state index in [1.165, 1.54) is 12.1 Å². The van der Waals surface area contributed by atoms with Crippen molar-refractivity contribution < 1.29 is 13.2 Å². The maximum Gasteiger partial charge on any atom is 0.191 e. The van der Waals surface area contributed by atoms with Crippen LogP contribution in [0.3, 0.4) is 0 Å². The summed E-state index contributed by atoms with van der Waals surface area (Å²) in [6.07, 6.45) is 0.199. The van der Waals surface area contributed by atoms with Crippen LogP contribution >= 0.6 is 11.6 Å². The Hall–Kier alpha value is -0.453. The van der Waals surface area contributed by atoms with Gasteiger partial charge in [0.25, 0.3) is 0 Å². The minimum absolute atomic E-state index is 0.00575. The molecule has 0 bridgehead atoms. The molecule has 1 aromatic carbocycles. The molecule has 1 aromatic rings. The third-order valence-corrected chi connectivity index (χ3v) is 8.59. The second-order valence-corrected chi connectivity index (χ2v) is 11.4. The highest BCUT2D eigenvalue weighted by Crippen LogP contribution is 2.36. The van der Waals surface area contributed by atoms with Crippen molar-refractivity contribution >= 4 is 19.9 Å². The molecule has 1 rings (SSSR count). The Morgan fingerprint density at radius 3 is 2.32 bits per heavy atom. The summed E-state index contributed by atoms with van der Waals surface area (Å²) in [5, 5.41) is 0.0297. The molecular formula is C14H21ClF2OSi. The summed E-state index contributed by atoms with van der Waals surface area (Å²) in [4.78, 5) is 0. The molecule has 0 aliphatic rings. The summed E-state index contributed by atoms with van der Waals surface area (Å²) >= 11 is 5.65. The molecule has 0 unspecified atom stereocenters. The molecular weight excluding hydrogens is 286 g/mol. The highest BCUT2D eigenvalue weighted by molar-refractivity contribution is 6.74. The van der Waals surface area contributed by atoms with E-state index in [0.29, 0.717) is 6.61 Å². The van der Waals surface area contributed by atoms with Gasteiger partial charge in [-0.25, -0.2) is 8.78 Å². The molecule has 0 aliphatic carbocycles. The molecule has 0 aliphatic heterocycles. The first-order valence-corrected chi connectivity index (χ1v) is 9.61. The maximum absolute atomic E-state index is 13.7. The minimum Gasteiger partial charge on any atom is -0.416 e. The van der Waals surface area contributed by atoms with Gasteiger partial charge < -0.3 is 4.43 Å². The van der Waals surface area contributed by atoms with Gasteiger partial charge in [0, 0.05) is 18.6 Å². The highest BCUT2D eigenvalue weighted by Gasteiger charge is 2.36. The van der Waals surface area contributed by atoms with Crippen molar-refractivity contribution in [2.75, 3.05) is 6.61 Å². The molecule has 0 saturated carbocycles. The molecule has 0 heterocycles. The van der Waals surface area contributed by atoms with Gasteiger partial charge in [0.1, 0.15) is 11.6 Å². The highest BCUT2D eigenvalue weighted by atomic mass is 35.5. The summed E-state index contributed by atoms with van der Waals surface area (Å²) in [6, 6.07) is 2.41. The monoisotopic (exact) mass is 306 g/mol. The first kappa shape index (κ1) is 16.6. The third kappa shape index (κ3) is 4.00. The summed E-state index contributed by atoms with van der Waals surface area (Å²) in [7, 11) is -1.89. The van der Waals surface area contributed by atoms with Crippen molar-refractivity contribution in [2.24, 2.45) is 0 Å². The van der Waals surface area contributed by atoms with Crippen molar-refractivity contribution in [3.05, 3.63) is 34.4 Å². The van der Waals surface area contributed by atoms with Crippen LogP contribution in [0.2, 0.25) is 23.2 Å². The van der Waals surface area contributed by atoms with Crippen LogP contribution in [0.25, 0.3) is 0 Å². The predicted octanol–water partition coefficient (Wildman–Crippen LogP) is 5.18. The molecule has 0 fully saturated rings. The molecule has 19 heavy (non-hydrogen) atoms. The van der Waals surface area contributed by atoms with Gasteiger partial charge in [0.15, 0.2) is 8.32 Å². The van der Waals surface area contributed by atoms with E-state index in [1.807, 2.05) is 0 Å². The molecule has 0 atom stereocenters. The molecule has 108 valence electrons. The lowest BCUT2D eigenvalue weighted by molar-refractivity contribution is 0.288. The fraction of sp³-hybridized carbons (Fsp3) is 0.571. The van der Waals surface area contributed by atoms with E-state index >= 15 is 0 Å². The van der Waals surface area contributed by atoms with Gasteiger partial charge in [0.05, 0.1) is 5.02 Å². The number of hydrogen-bond acceptors (Lipinski definition) is 1. The number of halogens is 3. The van der Waals surface area contributed by atoms with E-state index in [1.54, 1.807) is 0 Å². The molecule has 0 aromatic heterocycles. The number of hydrogen-bond donors (Lipinski definition) is 0. The zero-order valence-electron chi connectivity index (χ0n) is 12.1. The first-order chi connectivity index (χ1) is 8.56. The van der Waals surface area contributed by atoms with Gasteiger partial charge in [0.2, 0.25) is 0 Å². The molecule has 0 radical (unpaired) electrons. The van der Waals surface area contributed by atoms with Gasteiger partial charge in [-0.2, -0.15) is 0 Å². The average Bonchev–Trinajstić information content (AvgIpc) is 2.27. The topological polar surface area (TPSA) is 9.23 Å². The largest absolute Gasteiger partial charge is 0.416 e. The fourth-order valence-electron chi connectivity index (χ4n) is 1.42. The lowest BCUT2D eigenvalue weighted by Gasteiger charge is -2.36. The Bertz CT molecular complexity index is 455. The van der Waals surface area contributed by atoms with Crippen LogP contribution in [0.1, 0.15) is 26.3 Å². The van der Waals surface area contributed by atoms with Crippen LogP contribution in [0.15, 0.2) is 12.1 Å². The smallest absolute Gasteiger partial charge is 0.191 e. The van der Waals surface area contributed by atoms with Crippen molar-refractivity contribution in [3.8, 4) is 0 Å². The number of benzene rings is 1. The van der Waals surface area contributed by atoms with E-state index in [2.05, 4.69) is 33.9 Å². The van der Waals surface area contributed by atoms with E-state index in [4.69, 9.17) is 16.0 Å².